The third-order valence-electron chi connectivity index (χ3n) is 7.82. The van der Waals surface area contributed by atoms with Gasteiger partial charge in [-0.3, -0.25) is 0 Å². The highest BCUT2D eigenvalue weighted by molar-refractivity contribution is 7.89. The first-order valence-electron chi connectivity index (χ1n) is 11.9. The Morgan fingerprint density at radius 3 is 2.38 bits per heavy atom. The van der Waals surface area contributed by atoms with E-state index in [1.807, 2.05) is 43.3 Å². The van der Waals surface area contributed by atoms with Crippen molar-refractivity contribution < 1.29 is 12.8 Å². The summed E-state index contributed by atoms with van der Waals surface area (Å²) in [5.74, 6) is 0.690. The molecule has 1 saturated carbocycles. The van der Waals surface area contributed by atoms with Crippen molar-refractivity contribution in [2.75, 3.05) is 18.0 Å². The van der Waals surface area contributed by atoms with E-state index in [0.29, 0.717) is 35.5 Å². The van der Waals surface area contributed by atoms with Crippen LogP contribution in [0.4, 0.5) is 10.1 Å². The lowest BCUT2D eigenvalue weighted by molar-refractivity contribution is 0.281. The van der Waals surface area contributed by atoms with Crippen LogP contribution in [-0.4, -0.2) is 46.6 Å². The number of hydrogen-bond donors (Lipinski definition) is 0. The Labute approximate surface area is 199 Å². The van der Waals surface area contributed by atoms with Crippen LogP contribution in [0.3, 0.4) is 0 Å². The average Bonchev–Trinajstić information content (AvgIpc) is 3.19. The molecule has 2 aliphatic heterocycles. The number of sulfonamides is 1. The summed E-state index contributed by atoms with van der Waals surface area (Å²) in [5.41, 5.74) is 2.09. The van der Waals surface area contributed by atoms with Crippen molar-refractivity contribution in [2.45, 2.75) is 43.6 Å². The Bertz CT molecular complexity index is 1270. The summed E-state index contributed by atoms with van der Waals surface area (Å²) in [6.45, 7) is 3.73. The molecule has 3 fully saturated rings. The maximum atomic E-state index is 15.2. The molecule has 9 heteroatoms. The van der Waals surface area contributed by atoms with Gasteiger partial charge in [0.25, 0.3) is 0 Å². The largest absolute Gasteiger partial charge is 0.368 e. The fraction of sp³-hybridized carbons (Fsp3) is 0.440. The Hall–Kier alpha value is -2.78. The van der Waals surface area contributed by atoms with Crippen molar-refractivity contribution in [3.8, 4) is 0 Å². The van der Waals surface area contributed by atoms with Crippen LogP contribution in [0, 0.1) is 17.7 Å². The van der Waals surface area contributed by atoms with Crippen LogP contribution >= 0.6 is 0 Å². The van der Waals surface area contributed by atoms with Crippen LogP contribution in [0.1, 0.15) is 42.2 Å². The van der Waals surface area contributed by atoms with Gasteiger partial charge in [-0.2, -0.15) is 4.31 Å². The van der Waals surface area contributed by atoms with Gasteiger partial charge in [0.15, 0.2) is 0 Å². The van der Waals surface area contributed by atoms with Gasteiger partial charge in [0.1, 0.15) is 23.7 Å². The summed E-state index contributed by atoms with van der Waals surface area (Å²) >= 11 is 0. The van der Waals surface area contributed by atoms with E-state index in [2.05, 4.69) is 19.7 Å². The molecule has 3 aliphatic rings. The lowest BCUT2D eigenvalue weighted by Gasteiger charge is -2.37. The molecule has 2 unspecified atom stereocenters. The van der Waals surface area contributed by atoms with Crippen LogP contribution in [0.25, 0.3) is 0 Å². The highest BCUT2D eigenvalue weighted by Gasteiger charge is 2.57. The first-order chi connectivity index (χ1) is 16.4. The Kier molecular flexibility index (Phi) is 5.22. The fourth-order valence-corrected chi connectivity index (χ4v) is 8.13. The third-order valence-corrected chi connectivity index (χ3v) is 10.2. The molecule has 3 heterocycles. The number of fused-ring (bicyclic) bond motifs is 1. The quantitative estimate of drug-likeness (QED) is 0.555. The van der Waals surface area contributed by atoms with Crippen molar-refractivity contribution >= 4 is 15.7 Å². The van der Waals surface area contributed by atoms with Gasteiger partial charge in [-0.25, -0.2) is 12.8 Å². The number of nitrogens with zero attached hydrogens (tertiary/aromatic N) is 5. The normalized spacial score (nSPS) is 30.3. The highest BCUT2D eigenvalue weighted by Crippen LogP contribution is 2.55. The average molecular weight is 482 g/mol. The van der Waals surface area contributed by atoms with E-state index in [-0.39, 0.29) is 18.4 Å². The molecule has 0 radical (unpaired) electrons. The molecule has 7 nitrogen and oxygen atoms in total. The van der Waals surface area contributed by atoms with E-state index in [1.54, 1.807) is 23.0 Å². The van der Waals surface area contributed by atoms with Crippen molar-refractivity contribution in [2.24, 2.45) is 11.8 Å². The zero-order chi connectivity index (χ0) is 23.4. The van der Waals surface area contributed by atoms with Gasteiger partial charge >= 0.3 is 0 Å². The molecule has 0 amide bonds. The molecule has 0 N–H and O–H groups in total. The Morgan fingerprint density at radius 2 is 1.71 bits per heavy atom. The molecule has 34 heavy (non-hydrogen) atoms. The minimum atomic E-state index is -3.54. The second kappa shape index (κ2) is 8.16. The zero-order valence-electron chi connectivity index (χ0n) is 19.0. The minimum absolute atomic E-state index is 0.118. The smallest absolute Gasteiger partial charge is 0.221 e. The topological polar surface area (TPSA) is 71.3 Å². The van der Waals surface area contributed by atoms with E-state index in [4.69, 9.17) is 0 Å². The summed E-state index contributed by atoms with van der Waals surface area (Å²) < 4.78 is 45.7. The van der Waals surface area contributed by atoms with Crippen molar-refractivity contribution in [1.82, 2.24) is 19.1 Å². The van der Waals surface area contributed by atoms with Gasteiger partial charge in [-0.15, -0.1) is 10.2 Å². The van der Waals surface area contributed by atoms with Gasteiger partial charge in [0.2, 0.25) is 10.0 Å². The molecule has 3 aromatic rings. The molecule has 2 aromatic carbocycles. The van der Waals surface area contributed by atoms with Crippen molar-refractivity contribution in [3.63, 3.8) is 0 Å². The van der Waals surface area contributed by atoms with Crippen LogP contribution in [-0.2, 0) is 16.6 Å². The summed E-state index contributed by atoms with van der Waals surface area (Å²) in [5, 5.41) is 7.23. The first kappa shape index (κ1) is 21.7. The first-order valence-corrected chi connectivity index (χ1v) is 13.4. The summed E-state index contributed by atoms with van der Waals surface area (Å²) in [7, 11) is -3.54. The molecule has 1 aliphatic carbocycles. The van der Waals surface area contributed by atoms with Crippen molar-refractivity contribution in [1.29, 1.82) is 0 Å². The molecule has 2 saturated heterocycles. The summed E-state index contributed by atoms with van der Waals surface area (Å²) in [6.07, 6.45) is 4.88. The van der Waals surface area contributed by atoms with Gasteiger partial charge in [0.05, 0.1) is 5.69 Å². The van der Waals surface area contributed by atoms with Crippen LogP contribution in [0.2, 0.25) is 0 Å². The number of aromatic nitrogens is 3. The maximum Gasteiger partial charge on any atom is 0.221 e. The van der Waals surface area contributed by atoms with E-state index in [1.165, 1.54) is 6.07 Å². The van der Waals surface area contributed by atoms with Gasteiger partial charge in [-0.1, -0.05) is 36.4 Å². The molecule has 0 spiro atoms. The van der Waals surface area contributed by atoms with Crippen molar-refractivity contribution in [3.05, 3.63) is 78.1 Å². The molecule has 0 bridgehead atoms. The lowest BCUT2D eigenvalue weighted by Crippen LogP contribution is -2.44. The number of hydrogen-bond acceptors (Lipinski definition) is 5. The van der Waals surface area contributed by atoms with E-state index in [0.717, 1.165) is 25.1 Å². The Morgan fingerprint density at radius 1 is 1.00 bits per heavy atom. The highest BCUT2D eigenvalue weighted by atomic mass is 32.2. The number of anilines is 1. The van der Waals surface area contributed by atoms with Crippen LogP contribution in [0.15, 0.2) is 61.2 Å². The number of rotatable bonds is 5. The number of benzene rings is 2. The van der Waals surface area contributed by atoms with Gasteiger partial charge < -0.3 is 9.47 Å². The lowest BCUT2D eigenvalue weighted by atomic mass is 10.0. The van der Waals surface area contributed by atoms with Gasteiger partial charge in [0, 0.05) is 43.6 Å². The molecule has 1 aromatic heterocycles. The zero-order valence-corrected chi connectivity index (χ0v) is 19.9. The van der Waals surface area contributed by atoms with E-state index >= 15 is 4.39 Å². The maximum absolute atomic E-state index is 15.2. The van der Waals surface area contributed by atoms with Crippen LogP contribution < -0.4 is 4.90 Å². The third kappa shape index (κ3) is 3.62. The molecular weight excluding hydrogens is 453 g/mol. The second-order valence-electron chi connectivity index (χ2n) is 9.83. The molecule has 6 rings (SSSR count). The minimum Gasteiger partial charge on any atom is -0.368 e. The Balaban J connectivity index is 1.17. The standard InChI is InChI=1S/C25H28FN5O2S/c1-17-7-10-24(19-5-3-2-4-6-19)34(32,33)31(17)12-18-8-9-23(22(26)11-18)29-13-20-21(14-29)25(20)30-15-27-28-16-30/h2-6,8-9,11,15-17,20-21,24-25H,7,10,12-14H2,1H3/t17?,20-,21+,24?,25-. The SMILES string of the molecule is CC1CCC(c2ccccc2)S(=O)(=O)N1Cc1ccc(N2C[C@@H]3[C@H](C2)[C@@H]3n2cnnc2)c(F)c1. The van der Waals surface area contributed by atoms with Gasteiger partial charge in [-0.05, 0) is 43.0 Å². The van der Waals surface area contributed by atoms with E-state index in [9.17, 15) is 8.42 Å². The number of halogens is 1. The van der Waals surface area contributed by atoms with Crippen LogP contribution in [0.5, 0.6) is 0 Å². The van der Waals surface area contributed by atoms with E-state index < -0.39 is 15.3 Å². The summed E-state index contributed by atoms with van der Waals surface area (Å²) in [6, 6.07) is 14.9. The fourth-order valence-electron chi connectivity index (χ4n) is 5.93. The monoisotopic (exact) mass is 481 g/mol. The molecular formula is C25H28FN5O2S. The predicted molar refractivity (Wildman–Crippen MR) is 127 cm³/mol. The molecule has 5 atom stereocenters. The predicted octanol–water partition coefficient (Wildman–Crippen LogP) is 3.78. The second-order valence-corrected chi connectivity index (χ2v) is 11.9. The molecule has 178 valence electrons. The number of piperidine rings is 1. The summed E-state index contributed by atoms with van der Waals surface area (Å²) in [4.78, 5) is 2.10.